The van der Waals surface area contributed by atoms with E-state index in [1.807, 2.05) is 0 Å². The van der Waals surface area contributed by atoms with Gasteiger partial charge in [-0.3, -0.25) is 0 Å². The van der Waals surface area contributed by atoms with Gasteiger partial charge < -0.3 is 5.32 Å². The Labute approximate surface area is 158 Å². The Kier molecular flexibility index (Phi) is 6.29. The van der Waals surface area contributed by atoms with E-state index in [9.17, 15) is 0 Å². The molecule has 2 atom stereocenters. The summed E-state index contributed by atoms with van der Waals surface area (Å²) in [6, 6.07) is 15.6. The number of rotatable bonds is 4. The first-order valence-electron chi connectivity index (χ1n) is 7.94. The SMILES string of the molecule is CC[C@]1(N[C@H](C)c2cccc3ccccc23)C=CC(I)=CC1.Cl. The monoisotopic (exact) mass is 439 g/mol. The van der Waals surface area contributed by atoms with Crippen molar-refractivity contribution < 1.29 is 0 Å². The zero-order valence-corrected chi connectivity index (χ0v) is 16.5. The highest BCUT2D eigenvalue weighted by Crippen LogP contribution is 2.31. The topological polar surface area (TPSA) is 12.0 Å². The van der Waals surface area contributed by atoms with E-state index in [0.717, 1.165) is 12.8 Å². The lowest BCUT2D eigenvalue weighted by Crippen LogP contribution is -2.44. The first-order valence-corrected chi connectivity index (χ1v) is 9.02. The molecule has 1 nitrogen and oxygen atoms in total. The molecule has 3 heteroatoms. The van der Waals surface area contributed by atoms with Crippen molar-refractivity contribution in [3.05, 3.63) is 69.8 Å². The van der Waals surface area contributed by atoms with Crippen LogP contribution in [0, 0.1) is 0 Å². The molecule has 0 heterocycles. The second kappa shape index (κ2) is 7.82. The summed E-state index contributed by atoms with van der Waals surface area (Å²) in [6.07, 6.45) is 9.06. The van der Waals surface area contributed by atoms with Gasteiger partial charge in [0.1, 0.15) is 0 Å². The molecule has 0 saturated carbocycles. The van der Waals surface area contributed by atoms with Gasteiger partial charge in [-0.2, -0.15) is 0 Å². The molecular formula is C20H23ClIN. The van der Waals surface area contributed by atoms with Crippen LogP contribution in [0.2, 0.25) is 0 Å². The van der Waals surface area contributed by atoms with Gasteiger partial charge in [0.2, 0.25) is 0 Å². The van der Waals surface area contributed by atoms with Crippen molar-refractivity contribution in [1.82, 2.24) is 5.32 Å². The Hall–Kier alpha value is -0.840. The third kappa shape index (κ3) is 3.98. The van der Waals surface area contributed by atoms with Gasteiger partial charge in [0.25, 0.3) is 0 Å². The van der Waals surface area contributed by atoms with Gasteiger partial charge in [0, 0.05) is 15.2 Å². The van der Waals surface area contributed by atoms with Crippen LogP contribution >= 0.6 is 35.0 Å². The number of benzene rings is 2. The van der Waals surface area contributed by atoms with Gasteiger partial charge in [0.05, 0.1) is 0 Å². The van der Waals surface area contributed by atoms with Crippen molar-refractivity contribution in [1.29, 1.82) is 0 Å². The predicted octanol–water partition coefficient (Wildman–Crippen LogP) is 6.34. The number of fused-ring (bicyclic) bond motifs is 1. The molecule has 0 aromatic heterocycles. The van der Waals surface area contributed by atoms with Gasteiger partial charge in [-0.05, 0) is 58.7 Å². The van der Waals surface area contributed by atoms with E-state index in [-0.39, 0.29) is 17.9 Å². The second-order valence-electron chi connectivity index (χ2n) is 6.07. The fourth-order valence-electron chi connectivity index (χ4n) is 3.26. The number of hydrogen-bond acceptors (Lipinski definition) is 1. The summed E-state index contributed by atoms with van der Waals surface area (Å²) in [7, 11) is 0. The smallest absolute Gasteiger partial charge is 0.0405 e. The maximum Gasteiger partial charge on any atom is 0.0405 e. The molecule has 0 unspecified atom stereocenters. The zero-order valence-electron chi connectivity index (χ0n) is 13.6. The molecule has 1 N–H and O–H groups in total. The van der Waals surface area contributed by atoms with Gasteiger partial charge in [-0.1, -0.05) is 67.6 Å². The minimum absolute atomic E-state index is 0. The van der Waals surface area contributed by atoms with Crippen LogP contribution in [0.5, 0.6) is 0 Å². The van der Waals surface area contributed by atoms with Crippen molar-refractivity contribution in [2.24, 2.45) is 0 Å². The predicted molar refractivity (Wildman–Crippen MR) is 112 cm³/mol. The van der Waals surface area contributed by atoms with Crippen LogP contribution in [0.4, 0.5) is 0 Å². The Morgan fingerprint density at radius 3 is 2.61 bits per heavy atom. The lowest BCUT2D eigenvalue weighted by atomic mass is 9.86. The van der Waals surface area contributed by atoms with Crippen LogP contribution in [0.15, 0.2) is 64.3 Å². The number of hydrogen-bond donors (Lipinski definition) is 1. The molecule has 1 aliphatic carbocycles. The number of halogens is 2. The van der Waals surface area contributed by atoms with Gasteiger partial charge >= 0.3 is 0 Å². The molecule has 3 rings (SSSR count). The summed E-state index contributed by atoms with van der Waals surface area (Å²) < 4.78 is 1.33. The molecule has 23 heavy (non-hydrogen) atoms. The van der Waals surface area contributed by atoms with E-state index in [0.29, 0.717) is 6.04 Å². The molecule has 0 amide bonds. The molecule has 0 fully saturated rings. The lowest BCUT2D eigenvalue weighted by molar-refractivity contribution is 0.350. The highest BCUT2D eigenvalue weighted by atomic mass is 127. The zero-order chi connectivity index (χ0) is 15.6. The van der Waals surface area contributed by atoms with E-state index < -0.39 is 0 Å². The van der Waals surface area contributed by atoms with Crippen molar-refractivity contribution in [2.45, 2.75) is 38.3 Å². The van der Waals surface area contributed by atoms with E-state index in [1.165, 1.54) is 19.9 Å². The molecule has 1 aliphatic rings. The highest BCUT2D eigenvalue weighted by molar-refractivity contribution is 14.1. The van der Waals surface area contributed by atoms with Gasteiger partial charge in [-0.25, -0.2) is 0 Å². The Bertz CT molecular complexity index is 732. The Morgan fingerprint density at radius 2 is 1.91 bits per heavy atom. The van der Waals surface area contributed by atoms with E-state index >= 15 is 0 Å². The summed E-state index contributed by atoms with van der Waals surface area (Å²) in [6.45, 7) is 4.54. The van der Waals surface area contributed by atoms with Gasteiger partial charge in [0.15, 0.2) is 0 Å². The van der Waals surface area contributed by atoms with E-state index in [4.69, 9.17) is 0 Å². The van der Waals surface area contributed by atoms with Crippen molar-refractivity contribution in [3.8, 4) is 0 Å². The molecule has 122 valence electrons. The second-order valence-corrected chi connectivity index (χ2v) is 7.32. The van der Waals surface area contributed by atoms with Crippen molar-refractivity contribution in [2.75, 3.05) is 0 Å². The molecule has 0 aliphatic heterocycles. The minimum Gasteiger partial charge on any atom is -0.301 e. The minimum atomic E-state index is 0. The maximum atomic E-state index is 3.88. The lowest BCUT2D eigenvalue weighted by Gasteiger charge is -2.35. The fourth-order valence-corrected chi connectivity index (χ4v) is 3.66. The van der Waals surface area contributed by atoms with Crippen LogP contribution in [0.25, 0.3) is 10.8 Å². The fraction of sp³-hybridized carbons (Fsp3) is 0.300. The molecule has 0 saturated heterocycles. The van der Waals surface area contributed by atoms with Crippen LogP contribution in [-0.2, 0) is 0 Å². The summed E-state index contributed by atoms with van der Waals surface area (Å²) in [5.74, 6) is 0. The Balaban J connectivity index is 0.00000192. The maximum absolute atomic E-state index is 3.88. The third-order valence-corrected chi connectivity index (χ3v) is 5.45. The largest absolute Gasteiger partial charge is 0.301 e. The molecule has 0 bridgehead atoms. The van der Waals surface area contributed by atoms with E-state index in [2.05, 4.69) is 102 Å². The van der Waals surface area contributed by atoms with Crippen LogP contribution in [0.3, 0.4) is 0 Å². The van der Waals surface area contributed by atoms with Crippen molar-refractivity contribution >= 4 is 45.8 Å². The molecule has 0 spiro atoms. The Morgan fingerprint density at radius 1 is 1.17 bits per heavy atom. The first kappa shape index (κ1) is 18.5. The standard InChI is InChI=1S/C20H22IN.ClH/c1-3-20(13-11-17(21)12-14-20)22-15(2)18-10-6-8-16-7-4-5-9-19(16)18;/h4-13,15,22H,3,14H2,1-2H3;1H/t15-,20+;/m1./s1. The van der Waals surface area contributed by atoms with Crippen LogP contribution in [-0.4, -0.2) is 5.54 Å². The van der Waals surface area contributed by atoms with Crippen molar-refractivity contribution in [3.63, 3.8) is 0 Å². The molecule has 2 aromatic carbocycles. The molecule has 2 aromatic rings. The number of nitrogens with one attached hydrogen (secondary N) is 1. The summed E-state index contributed by atoms with van der Waals surface area (Å²) in [5, 5.41) is 6.54. The third-order valence-electron chi connectivity index (χ3n) is 4.65. The average molecular weight is 440 g/mol. The van der Waals surface area contributed by atoms with Crippen LogP contribution < -0.4 is 5.32 Å². The number of allylic oxidation sites excluding steroid dienone is 2. The quantitative estimate of drug-likeness (QED) is 0.548. The highest BCUT2D eigenvalue weighted by Gasteiger charge is 2.28. The summed E-state index contributed by atoms with van der Waals surface area (Å²) in [5.41, 5.74) is 1.45. The molecule has 0 radical (unpaired) electrons. The normalized spacial score (nSPS) is 21.6. The first-order chi connectivity index (χ1) is 10.6. The summed E-state index contributed by atoms with van der Waals surface area (Å²) in [4.78, 5) is 0. The van der Waals surface area contributed by atoms with Crippen LogP contribution in [0.1, 0.15) is 38.3 Å². The average Bonchev–Trinajstić information content (AvgIpc) is 2.56. The van der Waals surface area contributed by atoms with Gasteiger partial charge in [-0.15, -0.1) is 12.4 Å². The molecular weight excluding hydrogens is 417 g/mol. The summed E-state index contributed by atoms with van der Waals surface area (Å²) >= 11 is 2.39. The van der Waals surface area contributed by atoms with E-state index in [1.54, 1.807) is 0 Å².